The summed E-state index contributed by atoms with van der Waals surface area (Å²) in [6.45, 7) is 5.75. The number of rotatable bonds is 6. The molecule has 1 atom stereocenters. The molecule has 1 unspecified atom stereocenters. The highest BCUT2D eigenvalue weighted by Crippen LogP contribution is 2.20. The molecule has 1 aromatic carbocycles. The number of carbonyl (C=O) groups is 2. The summed E-state index contributed by atoms with van der Waals surface area (Å²) in [5, 5.41) is 5.62. The van der Waals surface area contributed by atoms with Crippen LogP contribution in [0.1, 0.15) is 30.2 Å². The Balaban J connectivity index is 1.43. The molecule has 142 valence electrons. The van der Waals surface area contributed by atoms with Crippen molar-refractivity contribution in [1.29, 1.82) is 0 Å². The lowest BCUT2D eigenvalue weighted by Gasteiger charge is -2.32. The number of hydrogen-bond donors (Lipinski definition) is 2. The Morgan fingerprint density at radius 2 is 1.93 bits per heavy atom. The van der Waals surface area contributed by atoms with Gasteiger partial charge >= 0.3 is 0 Å². The van der Waals surface area contributed by atoms with Crippen LogP contribution in [-0.4, -0.2) is 40.8 Å². The fourth-order valence-electron chi connectivity index (χ4n) is 3.28. The van der Waals surface area contributed by atoms with Crippen molar-refractivity contribution in [2.24, 2.45) is 0 Å². The first-order chi connectivity index (χ1) is 13.0. The van der Waals surface area contributed by atoms with Crippen LogP contribution in [0.3, 0.4) is 0 Å². The summed E-state index contributed by atoms with van der Waals surface area (Å²) in [4.78, 5) is 30.9. The molecule has 2 heterocycles. The first-order valence-corrected chi connectivity index (χ1v) is 9.35. The molecule has 0 fully saturated rings. The molecule has 1 aliphatic heterocycles. The molecule has 2 aromatic rings. The third kappa shape index (κ3) is 5.14. The zero-order valence-electron chi connectivity index (χ0n) is 15.9. The molecule has 1 aliphatic rings. The first-order valence-electron chi connectivity index (χ1n) is 9.35. The minimum Gasteiger partial charge on any atom is -0.354 e. The maximum Gasteiger partial charge on any atom is 0.237 e. The van der Waals surface area contributed by atoms with Gasteiger partial charge in [0.05, 0.1) is 6.04 Å². The second-order valence-electron chi connectivity index (χ2n) is 6.92. The second-order valence-corrected chi connectivity index (χ2v) is 6.92. The average molecular weight is 366 g/mol. The van der Waals surface area contributed by atoms with E-state index in [-0.39, 0.29) is 24.3 Å². The summed E-state index contributed by atoms with van der Waals surface area (Å²) < 4.78 is 0. The predicted octanol–water partition coefficient (Wildman–Crippen LogP) is 2.28. The van der Waals surface area contributed by atoms with Crippen molar-refractivity contribution >= 4 is 17.6 Å². The van der Waals surface area contributed by atoms with Crippen LogP contribution in [0.25, 0.3) is 0 Å². The Bertz CT molecular complexity index is 821. The molecule has 2 N–H and O–H groups in total. The normalized spacial score (nSPS) is 14.9. The standard InChI is InChI=1S/C21H26N4O2/c1-15-6-5-9-19(23-15)24-20(26)10-12-22-21(27)16(2)25-13-11-17-7-3-4-8-18(17)14-25/h3-9,16H,10-14H2,1-2H3,(H,22,27)(H,23,24,26). The van der Waals surface area contributed by atoms with Gasteiger partial charge < -0.3 is 10.6 Å². The van der Waals surface area contributed by atoms with Crippen molar-refractivity contribution in [3.8, 4) is 0 Å². The molecule has 0 aliphatic carbocycles. The van der Waals surface area contributed by atoms with E-state index >= 15 is 0 Å². The topological polar surface area (TPSA) is 74.3 Å². The number of aromatic nitrogens is 1. The lowest BCUT2D eigenvalue weighted by atomic mass is 9.99. The second kappa shape index (κ2) is 8.77. The molecule has 1 aromatic heterocycles. The Morgan fingerprint density at radius 3 is 2.70 bits per heavy atom. The third-order valence-corrected chi connectivity index (χ3v) is 4.89. The largest absolute Gasteiger partial charge is 0.354 e. The molecule has 2 amide bonds. The van der Waals surface area contributed by atoms with Gasteiger partial charge in [-0.25, -0.2) is 4.98 Å². The molecule has 6 heteroatoms. The maximum atomic E-state index is 12.4. The van der Waals surface area contributed by atoms with E-state index in [4.69, 9.17) is 0 Å². The summed E-state index contributed by atoms with van der Waals surface area (Å²) in [5.41, 5.74) is 3.49. The van der Waals surface area contributed by atoms with Gasteiger partial charge in [0.15, 0.2) is 0 Å². The summed E-state index contributed by atoms with van der Waals surface area (Å²) in [6.07, 6.45) is 1.18. The van der Waals surface area contributed by atoms with Crippen molar-refractivity contribution < 1.29 is 9.59 Å². The molecule has 0 saturated heterocycles. The van der Waals surface area contributed by atoms with Gasteiger partial charge in [-0.1, -0.05) is 30.3 Å². The Labute approximate surface area is 160 Å². The van der Waals surface area contributed by atoms with E-state index < -0.39 is 0 Å². The van der Waals surface area contributed by atoms with E-state index in [1.54, 1.807) is 6.07 Å². The van der Waals surface area contributed by atoms with E-state index in [2.05, 4.69) is 38.7 Å². The monoisotopic (exact) mass is 366 g/mol. The molecule has 0 bridgehead atoms. The van der Waals surface area contributed by atoms with Crippen LogP contribution in [0, 0.1) is 6.92 Å². The summed E-state index contributed by atoms with van der Waals surface area (Å²) >= 11 is 0. The van der Waals surface area contributed by atoms with Crippen LogP contribution in [0.2, 0.25) is 0 Å². The van der Waals surface area contributed by atoms with Gasteiger partial charge in [0, 0.05) is 31.7 Å². The first kappa shape index (κ1) is 19.0. The number of nitrogens with one attached hydrogen (secondary N) is 2. The van der Waals surface area contributed by atoms with E-state index in [0.717, 1.165) is 25.2 Å². The molecule has 27 heavy (non-hydrogen) atoms. The smallest absolute Gasteiger partial charge is 0.237 e. The van der Waals surface area contributed by atoms with Gasteiger partial charge in [0.25, 0.3) is 0 Å². The lowest BCUT2D eigenvalue weighted by molar-refractivity contribution is -0.126. The maximum absolute atomic E-state index is 12.4. The summed E-state index contributed by atoms with van der Waals surface area (Å²) in [6, 6.07) is 13.6. The molecule has 6 nitrogen and oxygen atoms in total. The van der Waals surface area contributed by atoms with Crippen molar-refractivity contribution in [3.05, 3.63) is 59.3 Å². The van der Waals surface area contributed by atoms with E-state index in [1.165, 1.54) is 11.1 Å². The van der Waals surface area contributed by atoms with Gasteiger partial charge in [0.2, 0.25) is 11.8 Å². The third-order valence-electron chi connectivity index (χ3n) is 4.89. The van der Waals surface area contributed by atoms with E-state index in [0.29, 0.717) is 12.4 Å². The Kier molecular flexibility index (Phi) is 6.19. The van der Waals surface area contributed by atoms with Crippen LogP contribution in [0.5, 0.6) is 0 Å². The zero-order chi connectivity index (χ0) is 19.2. The van der Waals surface area contributed by atoms with Gasteiger partial charge in [0.1, 0.15) is 5.82 Å². The van der Waals surface area contributed by atoms with E-state index in [1.807, 2.05) is 32.0 Å². The fourth-order valence-corrected chi connectivity index (χ4v) is 3.28. The number of anilines is 1. The van der Waals surface area contributed by atoms with E-state index in [9.17, 15) is 9.59 Å². The Hall–Kier alpha value is -2.73. The van der Waals surface area contributed by atoms with Gasteiger partial charge in [-0.05, 0) is 43.5 Å². The number of carbonyl (C=O) groups excluding carboxylic acids is 2. The molecular weight excluding hydrogens is 340 g/mol. The Morgan fingerprint density at radius 1 is 1.15 bits per heavy atom. The van der Waals surface area contributed by atoms with Crippen LogP contribution >= 0.6 is 0 Å². The van der Waals surface area contributed by atoms with Crippen LogP contribution in [0.4, 0.5) is 5.82 Å². The number of hydrogen-bond acceptors (Lipinski definition) is 4. The lowest BCUT2D eigenvalue weighted by Crippen LogP contribution is -2.47. The number of aryl methyl sites for hydroxylation is 1. The molecule has 0 saturated carbocycles. The predicted molar refractivity (Wildman–Crippen MR) is 105 cm³/mol. The SMILES string of the molecule is Cc1cccc(NC(=O)CCNC(=O)C(C)N2CCc3ccccc3C2)n1. The van der Waals surface area contributed by atoms with Crippen LogP contribution < -0.4 is 10.6 Å². The number of fused-ring (bicyclic) bond motifs is 1. The minimum atomic E-state index is -0.222. The van der Waals surface area contributed by atoms with Crippen molar-refractivity contribution in [3.63, 3.8) is 0 Å². The molecule has 3 rings (SSSR count). The van der Waals surface area contributed by atoms with Crippen LogP contribution in [-0.2, 0) is 22.6 Å². The molecular formula is C21H26N4O2. The fraction of sp³-hybridized carbons (Fsp3) is 0.381. The summed E-state index contributed by atoms with van der Waals surface area (Å²) in [5.74, 6) is 0.329. The number of benzene rings is 1. The van der Waals surface area contributed by atoms with Crippen molar-refractivity contribution in [2.45, 2.75) is 39.3 Å². The van der Waals surface area contributed by atoms with Gasteiger partial charge in [-0.2, -0.15) is 0 Å². The zero-order valence-corrected chi connectivity index (χ0v) is 15.9. The highest BCUT2D eigenvalue weighted by molar-refractivity contribution is 5.90. The number of nitrogens with zero attached hydrogens (tertiary/aromatic N) is 2. The highest BCUT2D eigenvalue weighted by Gasteiger charge is 2.24. The van der Waals surface area contributed by atoms with Crippen molar-refractivity contribution in [2.75, 3.05) is 18.4 Å². The van der Waals surface area contributed by atoms with Crippen LogP contribution in [0.15, 0.2) is 42.5 Å². The van der Waals surface area contributed by atoms with Gasteiger partial charge in [-0.3, -0.25) is 14.5 Å². The minimum absolute atomic E-state index is 0.0455. The average Bonchev–Trinajstić information content (AvgIpc) is 2.67. The van der Waals surface area contributed by atoms with Crippen molar-refractivity contribution in [1.82, 2.24) is 15.2 Å². The number of amides is 2. The summed E-state index contributed by atoms with van der Waals surface area (Å²) in [7, 11) is 0. The molecule has 0 spiro atoms. The number of pyridine rings is 1. The highest BCUT2D eigenvalue weighted by atomic mass is 16.2. The molecule has 0 radical (unpaired) electrons. The van der Waals surface area contributed by atoms with Gasteiger partial charge in [-0.15, -0.1) is 0 Å². The quantitative estimate of drug-likeness (QED) is 0.823.